The summed E-state index contributed by atoms with van der Waals surface area (Å²) in [6, 6.07) is 7.58. The minimum Gasteiger partial charge on any atom is -0.351 e. The molecule has 1 heterocycles. The number of amides is 1. The molecule has 2 aromatic rings. The van der Waals surface area contributed by atoms with E-state index in [1.165, 1.54) is 6.20 Å². The molecule has 4 nitrogen and oxygen atoms in total. The lowest BCUT2D eigenvalue weighted by molar-refractivity contribution is 0.0987. The van der Waals surface area contributed by atoms with Gasteiger partial charge in [0.15, 0.2) is 0 Å². The number of rotatable bonds is 2. The first-order chi connectivity index (χ1) is 7.66. The highest BCUT2D eigenvalue weighted by Crippen LogP contribution is 2.13. The van der Waals surface area contributed by atoms with Gasteiger partial charge in [0, 0.05) is 11.3 Å². The molecule has 2 rings (SSSR count). The van der Waals surface area contributed by atoms with Crippen LogP contribution in [-0.4, -0.2) is 11.1 Å². The number of aryl methyl sites for hydroxylation is 2. The van der Waals surface area contributed by atoms with E-state index in [4.69, 9.17) is 4.52 Å². The zero-order valence-corrected chi connectivity index (χ0v) is 9.15. The second-order valence-corrected chi connectivity index (χ2v) is 3.66. The smallest absolute Gasteiger partial charge is 0.294 e. The van der Waals surface area contributed by atoms with Crippen molar-refractivity contribution in [2.45, 2.75) is 13.8 Å². The van der Waals surface area contributed by atoms with Crippen LogP contribution in [0.25, 0.3) is 0 Å². The molecule has 0 radical (unpaired) electrons. The maximum absolute atomic E-state index is 11.8. The van der Waals surface area contributed by atoms with E-state index in [0.29, 0.717) is 0 Å². The van der Waals surface area contributed by atoms with Crippen molar-refractivity contribution >= 4 is 11.6 Å². The van der Waals surface area contributed by atoms with Gasteiger partial charge in [0.05, 0.1) is 6.20 Å². The predicted molar refractivity (Wildman–Crippen MR) is 60.4 cm³/mol. The molecule has 0 fully saturated rings. The Kier molecular flexibility index (Phi) is 2.72. The fourth-order valence-electron chi connectivity index (χ4n) is 1.42. The Morgan fingerprint density at radius 2 is 2.19 bits per heavy atom. The van der Waals surface area contributed by atoms with Gasteiger partial charge >= 0.3 is 0 Å². The molecule has 0 bridgehead atoms. The Morgan fingerprint density at radius 3 is 2.81 bits per heavy atom. The van der Waals surface area contributed by atoms with Gasteiger partial charge in [-0.25, -0.2) is 0 Å². The van der Waals surface area contributed by atoms with Gasteiger partial charge in [-0.1, -0.05) is 17.3 Å². The van der Waals surface area contributed by atoms with Crippen LogP contribution in [0.1, 0.15) is 21.7 Å². The van der Waals surface area contributed by atoms with Gasteiger partial charge in [-0.05, 0) is 31.5 Å². The van der Waals surface area contributed by atoms with E-state index in [1.54, 1.807) is 6.92 Å². The third kappa shape index (κ3) is 2.11. The van der Waals surface area contributed by atoms with Gasteiger partial charge in [0.1, 0.15) is 0 Å². The van der Waals surface area contributed by atoms with E-state index >= 15 is 0 Å². The van der Waals surface area contributed by atoms with Crippen LogP contribution >= 0.6 is 0 Å². The fourth-order valence-corrected chi connectivity index (χ4v) is 1.42. The Balaban J connectivity index is 2.17. The molecule has 0 atom stereocenters. The van der Waals surface area contributed by atoms with Crippen LogP contribution in [-0.2, 0) is 0 Å². The van der Waals surface area contributed by atoms with Gasteiger partial charge in [-0.2, -0.15) is 0 Å². The molecule has 1 amide bonds. The fraction of sp³-hybridized carbons (Fsp3) is 0.167. The molecule has 4 heteroatoms. The molecule has 0 aliphatic carbocycles. The highest BCUT2D eigenvalue weighted by molar-refractivity contribution is 6.03. The minimum atomic E-state index is -0.277. The topological polar surface area (TPSA) is 55.1 Å². The first-order valence-electron chi connectivity index (χ1n) is 4.96. The van der Waals surface area contributed by atoms with Gasteiger partial charge in [-0.3, -0.25) is 4.79 Å². The lowest BCUT2D eigenvalue weighted by Gasteiger charge is -2.03. The summed E-state index contributed by atoms with van der Waals surface area (Å²) in [5, 5.41) is 6.32. The molecule has 0 saturated carbocycles. The van der Waals surface area contributed by atoms with Gasteiger partial charge in [0.25, 0.3) is 5.91 Å². The molecule has 0 saturated heterocycles. The van der Waals surface area contributed by atoms with Crippen molar-refractivity contribution in [3.8, 4) is 0 Å². The van der Waals surface area contributed by atoms with Crippen LogP contribution in [0.4, 0.5) is 5.69 Å². The van der Waals surface area contributed by atoms with Crippen molar-refractivity contribution in [3.63, 3.8) is 0 Å². The van der Waals surface area contributed by atoms with E-state index in [0.717, 1.165) is 16.8 Å². The number of carbonyl (C=O) groups is 1. The van der Waals surface area contributed by atoms with Crippen molar-refractivity contribution < 1.29 is 9.32 Å². The molecule has 0 aliphatic rings. The molecule has 82 valence electrons. The quantitative estimate of drug-likeness (QED) is 0.839. The van der Waals surface area contributed by atoms with E-state index in [1.807, 2.05) is 31.2 Å². The molecule has 0 aliphatic heterocycles. The summed E-state index contributed by atoms with van der Waals surface area (Å²) in [6.45, 7) is 3.75. The summed E-state index contributed by atoms with van der Waals surface area (Å²) < 4.78 is 4.87. The molecule has 0 spiro atoms. The molecule has 1 aromatic heterocycles. The Morgan fingerprint density at radius 1 is 1.38 bits per heavy atom. The largest absolute Gasteiger partial charge is 0.351 e. The Bertz CT molecular complexity index is 517. The van der Waals surface area contributed by atoms with Crippen LogP contribution in [0.2, 0.25) is 0 Å². The van der Waals surface area contributed by atoms with E-state index in [9.17, 15) is 4.79 Å². The SMILES string of the molecule is Cc1cccc(NC(=O)c2oncc2C)c1. The van der Waals surface area contributed by atoms with Crippen molar-refractivity contribution in [1.29, 1.82) is 0 Å². The average molecular weight is 216 g/mol. The van der Waals surface area contributed by atoms with Gasteiger partial charge < -0.3 is 9.84 Å². The standard InChI is InChI=1S/C12H12N2O2/c1-8-4-3-5-10(6-8)14-12(15)11-9(2)7-13-16-11/h3-7H,1-2H3,(H,14,15). The summed E-state index contributed by atoms with van der Waals surface area (Å²) in [4.78, 5) is 11.8. The third-order valence-electron chi connectivity index (χ3n) is 2.23. The van der Waals surface area contributed by atoms with E-state index in [-0.39, 0.29) is 11.7 Å². The zero-order valence-electron chi connectivity index (χ0n) is 9.15. The lowest BCUT2D eigenvalue weighted by Crippen LogP contribution is -2.12. The highest BCUT2D eigenvalue weighted by Gasteiger charge is 2.13. The van der Waals surface area contributed by atoms with Crippen LogP contribution in [0, 0.1) is 13.8 Å². The number of hydrogen-bond donors (Lipinski definition) is 1. The first-order valence-corrected chi connectivity index (χ1v) is 4.96. The summed E-state index contributed by atoms with van der Waals surface area (Å²) >= 11 is 0. The summed E-state index contributed by atoms with van der Waals surface area (Å²) in [5.41, 5.74) is 2.57. The molecular weight excluding hydrogens is 204 g/mol. The van der Waals surface area contributed by atoms with Crippen LogP contribution < -0.4 is 5.32 Å². The van der Waals surface area contributed by atoms with Crippen LogP contribution in [0.3, 0.4) is 0 Å². The Hall–Kier alpha value is -2.10. The maximum Gasteiger partial charge on any atom is 0.294 e. The summed E-state index contributed by atoms with van der Waals surface area (Å²) in [6.07, 6.45) is 1.52. The second kappa shape index (κ2) is 4.18. The number of benzene rings is 1. The van der Waals surface area contributed by atoms with Crippen molar-refractivity contribution in [1.82, 2.24) is 5.16 Å². The second-order valence-electron chi connectivity index (χ2n) is 3.66. The maximum atomic E-state index is 11.8. The number of aromatic nitrogens is 1. The summed E-state index contributed by atoms with van der Waals surface area (Å²) in [7, 11) is 0. The average Bonchev–Trinajstić information content (AvgIpc) is 2.64. The normalized spacial score (nSPS) is 10.1. The van der Waals surface area contributed by atoms with Crippen molar-refractivity contribution in [3.05, 3.63) is 47.3 Å². The molecular formula is C12H12N2O2. The highest BCUT2D eigenvalue weighted by atomic mass is 16.5. The lowest BCUT2D eigenvalue weighted by atomic mass is 10.2. The number of hydrogen-bond acceptors (Lipinski definition) is 3. The third-order valence-corrected chi connectivity index (χ3v) is 2.23. The number of nitrogens with zero attached hydrogens (tertiary/aromatic N) is 1. The van der Waals surface area contributed by atoms with Gasteiger partial charge in [0.2, 0.25) is 5.76 Å². The number of nitrogens with one attached hydrogen (secondary N) is 1. The predicted octanol–water partition coefficient (Wildman–Crippen LogP) is 2.54. The van der Waals surface area contributed by atoms with Gasteiger partial charge in [-0.15, -0.1) is 0 Å². The van der Waals surface area contributed by atoms with E-state index in [2.05, 4.69) is 10.5 Å². The summed E-state index contributed by atoms with van der Waals surface area (Å²) in [5.74, 6) is -0.0258. The molecule has 1 N–H and O–H groups in total. The molecule has 0 unspecified atom stereocenters. The first kappa shape index (κ1) is 10.4. The van der Waals surface area contributed by atoms with E-state index < -0.39 is 0 Å². The van der Waals surface area contributed by atoms with Crippen molar-refractivity contribution in [2.24, 2.45) is 0 Å². The molecule has 16 heavy (non-hydrogen) atoms. The minimum absolute atomic E-state index is 0.251. The number of anilines is 1. The van der Waals surface area contributed by atoms with Crippen LogP contribution in [0.5, 0.6) is 0 Å². The van der Waals surface area contributed by atoms with Crippen LogP contribution in [0.15, 0.2) is 35.0 Å². The zero-order chi connectivity index (χ0) is 11.5. The molecule has 1 aromatic carbocycles. The van der Waals surface area contributed by atoms with Crippen molar-refractivity contribution in [2.75, 3.05) is 5.32 Å². The monoisotopic (exact) mass is 216 g/mol. The Labute approximate surface area is 93.3 Å². The number of carbonyl (C=O) groups excluding carboxylic acids is 1.